The molecular weight excluding hydrogens is 332 g/mol. The molecule has 25 heavy (non-hydrogen) atoms. The second-order valence-corrected chi connectivity index (χ2v) is 7.05. The van der Waals surface area contributed by atoms with Gasteiger partial charge in [0.2, 0.25) is 0 Å². The first kappa shape index (κ1) is 23.3. The topological polar surface area (TPSA) is 108 Å². The average molecular weight is 362 g/mol. The molecule has 0 bridgehead atoms. The molecule has 0 heterocycles. The molecule has 1 unspecified atom stereocenters. The molecule has 0 saturated carbocycles. The van der Waals surface area contributed by atoms with Crippen LogP contribution in [-0.2, 0) is 33.3 Å². The number of carbonyl (C=O) groups is 3. The van der Waals surface area contributed by atoms with E-state index in [9.17, 15) is 14.4 Å². The first-order valence-corrected chi connectivity index (χ1v) is 8.12. The molecule has 0 radical (unpaired) electrons. The van der Waals surface area contributed by atoms with Crippen molar-refractivity contribution in [3.8, 4) is 0 Å². The Bertz CT molecular complexity index is 454. The van der Waals surface area contributed by atoms with Gasteiger partial charge in [-0.25, -0.2) is 4.79 Å². The van der Waals surface area contributed by atoms with Crippen molar-refractivity contribution in [2.24, 2.45) is 10.8 Å². The SMILES string of the molecule is COCCOC(=O)C(C)(C)CC(C)(C)C(=O)OCCOC(=O)C(C)O. The Kier molecular flexibility index (Phi) is 9.66. The number of hydrogen-bond acceptors (Lipinski definition) is 8. The Balaban J connectivity index is 4.45. The quantitative estimate of drug-likeness (QED) is 0.330. The van der Waals surface area contributed by atoms with Gasteiger partial charge >= 0.3 is 17.9 Å². The maximum atomic E-state index is 12.2. The molecule has 0 aromatic rings. The number of esters is 3. The van der Waals surface area contributed by atoms with Gasteiger partial charge in [0.05, 0.1) is 17.4 Å². The summed E-state index contributed by atoms with van der Waals surface area (Å²) in [5.74, 6) is -1.72. The lowest BCUT2D eigenvalue weighted by Crippen LogP contribution is -2.37. The minimum atomic E-state index is -1.22. The summed E-state index contributed by atoms with van der Waals surface area (Å²) in [7, 11) is 1.51. The van der Waals surface area contributed by atoms with Crippen molar-refractivity contribution in [1.82, 2.24) is 0 Å². The summed E-state index contributed by atoms with van der Waals surface area (Å²) in [6.45, 7) is 8.20. The van der Waals surface area contributed by atoms with Crippen molar-refractivity contribution in [2.45, 2.75) is 47.1 Å². The highest BCUT2D eigenvalue weighted by Crippen LogP contribution is 2.35. The van der Waals surface area contributed by atoms with Gasteiger partial charge in [-0.3, -0.25) is 9.59 Å². The summed E-state index contributed by atoms with van der Waals surface area (Å²) < 4.78 is 19.8. The number of hydrogen-bond donors (Lipinski definition) is 1. The van der Waals surface area contributed by atoms with Crippen LogP contribution in [0.2, 0.25) is 0 Å². The zero-order valence-electron chi connectivity index (χ0n) is 15.9. The summed E-state index contributed by atoms with van der Waals surface area (Å²) in [4.78, 5) is 35.4. The van der Waals surface area contributed by atoms with E-state index in [0.717, 1.165) is 0 Å². The number of carbonyl (C=O) groups excluding carboxylic acids is 3. The van der Waals surface area contributed by atoms with Crippen molar-refractivity contribution in [2.75, 3.05) is 33.5 Å². The van der Waals surface area contributed by atoms with E-state index in [1.165, 1.54) is 14.0 Å². The smallest absolute Gasteiger partial charge is 0.334 e. The Hall–Kier alpha value is -1.67. The van der Waals surface area contributed by atoms with E-state index < -0.39 is 34.8 Å². The van der Waals surface area contributed by atoms with Crippen molar-refractivity contribution >= 4 is 17.9 Å². The number of ether oxygens (including phenoxy) is 4. The number of rotatable bonds is 11. The highest BCUT2D eigenvalue weighted by Gasteiger charge is 2.40. The van der Waals surface area contributed by atoms with E-state index in [2.05, 4.69) is 0 Å². The number of aliphatic hydroxyl groups is 1. The zero-order chi connectivity index (χ0) is 19.7. The molecular formula is C17H30O8. The lowest BCUT2D eigenvalue weighted by atomic mass is 9.75. The van der Waals surface area contributed by atoms with Gasteiger partial charge in [-0.05, 0) is 41.0 Å². The van der Waals surface area contributed by atoms with Gasteiger partial charge < -0.3 is 24.1 Å². The second kappa shape index (κ2) is 10.4. The van der Waals surface area contributed by atoms with Gasteiger partial charge in [-0.2, -0.15) is 0 Å². The van der Waals surface area contributed by atoms with Crippen molar-refractivity contribution < 1.29 is 38.4 Å². The van der Waals surface area contributed by atoms with Gasteiger partial charge in [0.15, 0.2) is 0 Å². The van der Waals surface area contributed by atoms with Crippen LogP contribution in [0.4, 0.5) is 0 Å². The second-order valence-electron chi connectivity index (χ2n) is 7.05. The lowest BCUT2D eigenvalue weighted by Gasteiger charge is -2.31. The van der Waals surface area contributed by atoms with Crippen molar-refractivity contribution in [1.29, 1.82) is 0 Å². The van der Waals surface area contributed by atoms with Crippen LogP contribution >= 0.6 is 0 Å². The van der Waals surface area contributed by atoms with Crippen LogP contribution in [0.3, 0.4) is 0 Å². The highest BCUT2D eigenvalue weighted by molar-refractivity contribution is 5.80. The van der Waals surface area contributed by atoms with E-state index in [1.54, 1.807) is 27.7 Å². The Morgan fingerprint density at radius 2 is 1.24 bits per heavy atom. The van der Waals surface area contributed by atoms with E-state index in [1.807, 2.05) is 0 Å². The van der Waals surface area contributed by atoms with Gasteiger partial charge in [0.1, 0.15) is 25.9 Å². The van der Waals surface area contributed by atoms with E-state index in [4.69, 9.17) is 24.1 Å². The normalized spacial score (nSPS) is 13.1. The molecule has 8 nitrogen and oxygen atoms in total. The molecule has 146 valence electrons. The molecule has 0 rings (SSSR count). The first-order valence-electron chi connectivity index (χ1n) is 8.12. The number of aliphatic hydroxyl groups excluding tert-OH is 1. The maximum Gasteiger partial charge on any atom is 0.334 e. The van der Waals surface area contributed by atoms with Gasteiger partial charge in [-0.1, -0.05) is 0 Å². The van der Waals surface area contributed by atoms with Crippen molar-refractivity contribution in [3.05, 3.63) is 0 Å². The maximum absolute atomic E-state index is 12.2. The Labute approximate surface area is 148 Å². The van der Waals surface area contributed by atoms with Crippen LogP contribution in [0.15, 0.2) is 0 Å². The summed E-state index contributed by atoms with van der Waals surface area (Å²) >= 11 is 0. The molecule has 0 amide bonds. The summed E-state index contributed by atoms with van der Waals surface area (Å²) in [5.41, 5.74) is -1.81. The molecule has 0 spiro atoms. The van der Waals surface area contributed by atoms with Crippen LogP contribution in [0, 0.1) is 10.8 Å². The predicted octanol–water partition coefficient (Wildman–Crippen LogP) is 1.09. The predicted molar refractivity (Wildman–Crippen MR) is 88.6 cm³/mol. The molecule has 0 aromatic heterocycles. The molecule has 0 fully saturated rings. The molecule has 0 aromatic carbocycles. The molecule has 0 aliphatic rings. The van der Waals surface area contributed by atoms with Gasteiger partial charge in [-0.15, -0.1) is 0 Å². The average Bonchev–Trinajstić information content (AvgIpc) is 2.49. The lowest BCUT2D eigenvalue weighted by molar-refractivity contribution is -0.166. The first-order chi connectivity index (χ1) is 11.4. The van der Waals surface area contributed by atoms with Crippen LogP contribution in [-0.4, -0.2) is 62.7 Å². The summed E-state index contributed by atoms with van der Waals surface area (Å²) in [6, 6.07) is 0. The van der Waals surface area contributed by atoms with E-state index in [0.29, 0.717) is 6.61 Å². The van der Waals surface area contributed by atoms with Crippen molar-refractivity contribution in [3.63, 3.8) is 0 Å². The zero-order valence-corrected chi connectivity index (χ0v) is 15.9. The molecule has 0 saturated heterocycles. The number of methoxy groups -OCH3 is 1. The van der Waals surface area contributed by atoms with Gasteiger partial charge in [0.25, 0.3) is 0 Å². The minimum Gasteiger partial charge on any atom is -0.463 e. The molecule has 0 aliphatic carbocycles. The fraction of sp³-hybridized carbons (Fsp3) is 0.824. The highest BCUT2D eigenvalue weighted by atomic mass is 16.6. The summed E-state index contributed by atoms with van der Waals surface area (Å²) in [6.07, 6.45) is -1.00. The van der Waals surface area contributed by atoms with Crippen LogP contribution < -0.4 is 0 Å². The fourth-order valence-electron chi connectivity index (χ4n) is 2.25. The molecule has 1 atom stereocenters. The Morgan fingerprint density at radius 3 is 1.64 bits per heavy atom. The largest absolute Gasteiger partial charge is 0.463 e. The van der Waals surface area contributed by atoms with Gasteiger partial charge in [0, 0.05) is 7.11 Å². The molecule has 0 aliphatic heterocycles. The standard InChI is InChI=1S/C17H30O8/c1-12(18)13(19)23-9-10-25-15(21)17(4,5)11-16(2,3)14(20)24-8-7-22-6/h12,18H,7-11H2,1-6H3. The molecule has 8 heteroatoms. The van der Waals surface area contributed by atoms with Crippen LogP contribution in [0.1, 0.15) is 41.0 Å². The third-order valence-electron chi connectivity index (χ3n) is 3.41. The third-order valence-corrected chi connectivity index (χ3v) is 3.41. The monoisotopic (exact) mass is 362 g/mol. The third kappa shape index (κ3) is 8.83. The minimum absolute atomic E-state index is 0.126. The van der Waals surface area contributed by atoms with E-state index in [-0.39, 0.29) is 26.2 Å². The van der Waals surface area contributed by atoms with Crippen LogP contribution in [0.5, 0.6) is 0 Å². The Morgan fingerprint density at radius 1 is 0.840 bits per heavy atom. The molecule has 1 N–H and O–H groups in total. The summed E-state index contributed by atoms with van der Waals surface area (Å²) in [5, 5.41) is 8.98. The fourth-order valence-corrected chi connectivity index (χ4v) is 2.25. The van der Waals surface area contributed by atoms with E-state index >= 15 is 0 Å². The van der Waals surface area contributed by atoms with Crippen LogP contribution in [0.25, 0.3) is 0 Å².